The van der Waals surface area contributed by atoms with Crippen LogP contribution in [0.15, 0.2) is 0 Å². The van der Waals surface area contributed by atoms with Gasteiger partial charge in [-0.05, 0) is 63.5 Å². The Bertz CT molecular complexity index is 240. The van der Waals surface area contributed by atoms with Crippen molar-refractivity contribution in [2.24, 2.45) is 23.7 Å². The molecule has 4 bridgehead atoms. The number of hydrogen-bond donors (Lipinski definition) is 1. The Balaban J connectivity index is 1.91. The summed E-state index contributed by atoms with van der Waals surface area (Å²) in [6.45, 7) is 0. The molecule has 0 aromatic heterocycles. The summed E-state index contributed by atoms with van der Waals surface area (Å²) in [5.41, 5.74) is 0. The summed E-state index contributed by atoms with van der Waals surface area (Å²) in [6.07, 6.45) is 5.51. The highest BCUT2D eigenvalue weighted by atomic mass is 16.3. The predicted octanol–water partition coefficient (Wildman–Crippen LogP) is 1.34. The minimum atomic E-state index is -0.0368. The van der Waals surface area contributed by atoms with Crippen molar-refractivity contribution in [3.8, 4) is 0 Å². The van der Waals surface area contributed by atoms with Crippen LogP contribution in [0.4, 0.5) is 0 Å². The average molecular weight is 195 g/mol. The molecule has 5 aliphatic carbocycles. The Morgan fingerprint density at radius 1 is 1.00 bits per heavy atom. The van der Waals surface area contributed by atoms with Crippen LogP contribution in [-0.2, 0) is 0 Å². The van der Waals surface area contributed by atoms with Gasteiger partial charge in [0.2, 0.25) is 0 Å². The first-order valence-electron chi connectivity index (χ1n) is 6.03. The van der Waals surface area contributed by atoms with Crippen LogP contribution < -0.4 is 0 Å². The van der Waals surface area contributed by atoms with Crippen LogP contribution >= 0.6 is 0 Å². The highest BCUT2D eigenvalue weighted by molar-refractivity contribution is 5.06. The van der Waals surface area contributed by atoms with E-state index >= 15 is 0 Å². The van der Waals surface area contributed by atoms with Gasteiger partial charge in [-0.3, -0.25) is 0 Å². The van der Waals surface area contributed by atoms with Gasteiger partial charge in [-0.15, -0.1) is 0 Å². The quantitative estimate of drug-likeness (QED) is 0.682. The molecule has 0 heterocycles. The fraction of sp³-hybridized carbons (Fsp3) is 1.00. The van der Waals surface area contributed by atoms with Crippen molar-refractivity contribution >= 4 is 0 Å². The summed E-state index contributed by atoms with van der Waals surface area (Å²) in [5.74, 6) is 3.21. The minimum absolute atomic E-state index is 0.0368. The van der Waals surface area contributed by atoms with Crippen molar-refractivity contribution < 1.29 is 5.11 Å². The van der Waals surface area contributed by atoms with E-state index in [4.69, 9.17) is 0 Å². The number of rotatable bonds is 1. The molecule has 5 aliphatic rings. The van der Waals surface area contributed by atoms with Crippen LogP contribution in [0.25, 0.3) is 0 Å². The maximum atomic E-state index is 10.3. The highest BCUT2D eigenvalue weighted by Crippen LogP contribution is 2.56. The topological polar surface area (TPSA) is 23.5 Å². The molecule has 5 fully saturated rings. The van der Waals surface area contributed by atoms with Crippen LogP contribution in [0.5, 0.6) is 0 Å². The lowest BCUT2D eigenvalue weighted by Gasteiger charge is -2.60. The molecular weight excluding hydrogens is 174 g/mol. The number of likely N-dealkylation sites (N-methyl/N-ethyl adjacent to an activating group) is 1. The largest absolute Gasteiger partial charge is 0.391 e. The van der Waals surface area contributed by atoms with Gasteiger partial charge in [-0.1, -0.05) is 0 Å². The van der Waals surface area contributed by atoms with Gasteiger partial charge < -0.3 is 10.0 Å². The van der Waals surface area contributed by atoms with E-state index in [1.807, 2.05) is 0 Å². The minimum Gasteiger partial charge on any atom is -0.391 e. The van der Waals surface area contributed by atoms with Gasteiger partial charge in [0.15, 0.2) is 0 Å². The first-order valence-corrected chi connectivity index (χ1v) is 6.03. The van der Waals surface area contributed by atoms with Gasteiger partial charge >= 0.3 is 0 Å². The Kier molecular flexibility index (Phi) is 1.94. The smallest absolute Gasteiger partial charge is 0.0728 e. The molecule has 0 amide bonds. The van der Waals surface area contributed by atoms with Crippen molar-refractivity contribution in [2.75, 3.05) is 14.1 Å². The molecule has 0 aromatic carbocycles. The second-order valence-corrected chi connectivity index (χ2v) is 5.84. The van der Waals surface area contributed by atoms with E-state index in [1.54, 1.807) is 0 Å². The lowest BCUT2D eigenvalue weighted by Crippen LogP contribution is -2.62. The summed E-state index contributed by atoms with van der Waals surface area (Å²) in [6, 6.07) is 0.454. The molecule has 14 heavy (non-hydrogen) atoms. The Morgan fingerprint density at radius 2 is 1.57 bits per heavy atom. The Labute approximate surface area is 86.3 Å². The fourth-order valence-electron chi connectivity index (χ4n) is 4.56. The third-order valence-corrected chi connectivity index (χ3v) is 5.09. The molecule has 0 radical (unpaired) electrons. The van der Waals surface area contributed by atoms with Gasteiger partial charge in [0.25, 0.3) is 0 Å². The number of nitrogens with zero attached hydrogens (tertiary/aromatic N) is 1. The predicted molar refractivity (Wildman–Crippen MR) is 55.9 cm³/mol. The van der Waals surface area contributed by atoms with Gasteiger partial charge in [-0.2, -0.15) is 0 Å². The molecule has 2 nitrogen and oxygen atoms in total. The third kappa shape index (κ3) is 1.04. The van der Waals surface area contributed by atoms with E-state index in [0.29, 0.717) is 12.0 Å². The van der Waals surface area contributed by atoms with E-state index in [0.717, 1.165) is 17.8 Å². The van der Waals surface area contributed by atoms with Crippen LogP contribution in [0.2, 0.25) is 0 Å². The van der Waals surface area contributed by atoms with Crippen LogP contribution in [0.1, 0.15) is 25.7 Å². The van der Waals surface area contributed by atoms with Crippen molar-refractivity contribution in [3.63, 3.8) is 0 Å². The Hall–Kier alpha value is -0.0800. The van der Waals surface area contributed by atoms with Gasteiger partial charge in [0.05, 0.1) is 6.10 Å². The summed E-state index contributed by atoms with van der Waals surface area (Å²) < 4.78 is 0. The van der Waals surface area contributed by atoms with Gasteiger partial charge in [-0.25, -0.2) is 0 Å². The lowest BCUT2D eigenvalue weighted by atomic mass is 9.50. The fourth-order valence-corrected chi connectivity index (χ4v) is 4.56. The van der Waals surface area contributed by atoms with E-state index in [2.05, 4.69) is 19.0 Å². The summed E-state index contributed by atoms with van der Waals surface area (Å²) in [5, 5.41) is 10.3. The standard InChI is InChI=1S/C12H21NO/c1-13(2)11-9-5-8-4-3-7(9)6-10(8)12(11)14/h7-12,14H,3-6H2,1-2H3/t7-,8-,9-,10-,11-,12+/m0/s1. The number of fused-ring (bicyclic) bond motifs is 2. The second kappa shape index (κ2) is 2.96. The first-order chi connectivity index (χ1) is 6.68. The zero-order valence-corrected chi connectivity index (χ0v) is 9.19. The van der Waals surface area contributed by atoms with Crippen LogP contribution in [0.3, 0.4) is 0 Å². The zero-order chi connectivity index (χ0) is 9.87. The SMILES string of the molecule is CN(C)[C@@H]1[C@H](O)[C@H]2C[C@@H]3CC[C@H]2C[C@@H]31. The molecule has 0 aromatic rings. The molecule has 1 N–H and O–H groups in total. The van der Waals surface area contributed by atoms with E-state index in [-0.39, 0.29) is 6.10 Å². The van der Waals surface area contributed by atoms with Crippen molar-refractivity contribution in [1.82, 2.24) is 4.90 Å². The first kappa shape index (κ1) is 9.17. The molecule has 80 valence electrons. The maximum Gasteiger partial charge on any atom is 0.0728 e. The number of hydrogen-bond acceptors (Lipinski definition) is 2. The van der Waals surface area contributed by atoms with Crippen LogP contribution in [-0.4, -0.2) is 36.2 Å². The zero-order valence-electron chi connectivity index (χ0n) is 9.19. The van der Waals surface area contributed by atoms with E-state index < -0.39 is 0 Å². The molecular formula is C12H21NO. The average Bonchev–Trinajstić information content (AvgIpc) is 2.17. The molecule has 2 heteroatoms. The second-order valence-electron chi connectivity index (χ2n) is 5.84. The normalized spacial score (nSPS) is 55.7. The van der Waals surface area contributed by atoms with Crippen molar-refractivity contribution in [1.29, 1.82) is 0 Å². The van der Waals surface area contributed by atoms with Gasteiger partial charge in [0.1, 0.15) is 0 Å². The monoisotopic (exact) mass is 195 g/mol. The maximum absolute atomic E-state index is 10.3. The molecule has 5 saturated carbocycles. The molecule has 6 atom stereocenters. The van der Waals surface area contributed by atoms with Gasteiger partial charge in [0, 0.05) is 6.04 Å². The Morgan fingerprint density at radius 3 is 2.07 bits per heavy atom. The molecule has 0 spiro atoms. The molecule has 0 aliphatic heterocycles. The summed E-state index contributed by atoms with van der Waals surface area (Å²) in [7, 11) is 4.25. The van der Waals surface area contributed by atoms with Crippen LogP contribution in [0, 0.1) is 23.7 Å². The molecule has 5 rings (SSSR count). The molecule has 0 unspecified atom stereocenters. The summed E-state index contributed by atoms with van der Waals surface area (Å²) in [4.78, 5) is 2.26. The summed E-state index contributed by atoms with van der Waals surface area (Å²) >= 11 is 0. The van der Waals surface area contributed by atoms with E-state index in [9.17, 15) is 5.11 Å². The molecule has 0 saturated heterocycles. The number of aliphatic hydroxyl groups is 1. The third-order valence-electron chi connectivity index (χ3n) is 5.09. The van der Waals surface area contributed by atoms with E-state index in [1.165, 1.54) is 25.7 Å². The van der Waals surface area contributed by atoms with Crippen molar-refractivity contribution in [3.05, 3.63) is 0 Å². The van der Waals surface area contributed by atoms with Crippen molar-refractivity contribution in [2.45, 2.75) is 37.8 Å². The lowest BCUT2D eigenvalue weighted by molar-refractivity contribution is -0.149. The highest BCUT2D eigenvalue weighted by Gasteiger charge is 2.55. The number of aliphatic hydroxyl groups excluding tert-OH is 1.